The third kappa shape index (κ3) is 33.5. The van der Waals surface area contributed by atoms with Gasteiger partial charge in [0.1, 0.15) is 48.8 Å². The number of aliphatic hydroxyl groups is 8. The summed E-state index contributed by atoms with van der Waals surface area (Å²) in [7, 11) is 0. The van der Waals surface area contributed by atoms with Crippen molar-refractivity contribution in [2.75, 3.05) is 19.8 Å². The molecule has 0 radical (unpaired) electrons. The molecule has 2 rings (SSSR count). The fraction of sp³-hybridized carbons (Fsp3) is 0.762. The number of rotatable bonds is 47. The van der Waals surface area contributed by atoms with Crippen molar-refractivity contribution >= 4 is 5.91 Å². The standard InChI is InChI=1S/C63H109NO13/c1-3-5-7-9-11-13-15-17-19-21-23-24-25-26-27-29-30-32-34-36-38-40-42-44-46-52(67)51(64-55(68)47-45-43-41-39-37-35-33-31-28-22-20-18-16-14-12-10-8-6-4-2)50-74-62-60(73)58(71)61(54(49-66)76-62)77-63-59(72)57(70)56(69)53(48-65)75-63/h6,8,12,14,18,20,28-31,36,38,44,46,51-54,56-63,65-67,69-73H,3-5,7,9-11,13,15-17,19,21-27,32-35,37,39-43,45,47-50H2,1-2H3,(H,64,68)/b8-6-,14-12-,20-18-,30-29+,31-28-,38-36+,46-44+. The number of carbonyl (C=O) groups excluding carboxylic acids is 1. The molecule has 0 saturated carbocycles. The van der Waals surface area contributed by atoms with Crippen LogP contribution in [-0.2, 0) is 23.7 Å². The predicted molar refractivity (Wildman–Crippen MR) is 309 cm³/mol. The van der Waals surface area contributed by atoms with Gasteiger partial charge in [-0.05, 0) is 83.5 Å². The third-order valence-electron chi connectivity index (χ3n) is 14.3. The molecule has 14 heteroatoms. The molecule has 0 aromatic rings. The van der Waals surface area contributed by atoms with E-state index in [-0.39, 0.29) is 18.9 Å². The Balaban J connectivity index is 1.80. The number of allylic oxidation sites excluding steroid dienone is 13. The van der Waals surface area contributed by atoms with Gasteiger partial charge in [0, 0.05) is 6.42 Å². The van der Waals surface area contributed by atoms with Crippen LogP contribution in [0.3, 0.4) is 0 Å². The van der Waals surface area contributed by atoms with Gasteiger partial charge in [0.15, 0.2) is 12.6 Å². The van der Waals surface area contributed by atoms with E-state index < -0.39 is 86.8 Å². The summed E-state index contributed by atoms with van der Waals surface area (Å²) in [4.78, 5) is 13.3. The van der Waals surface area contributed by atoms with E-state index in [1.54, 1.807) is 6.08 Å². The second-order valence-corrected chi connectivity index (χ2v) is 21.1. The molecule has 0 bridgehead atoms. The topological polar surface area (TPSA) is 228 Å². The lowest BCUT2D eigenvalue weighted by molar-refractivity contribution is -0.359. The van der Waals surface area contributed by atoms with E-state index in [1.807, 2.05) is 6.08 Å². The molecular formula is C63H109NO13. The monoisotopic (exact) mass is 1090 g/mol. The summed E-state index contributed by atoms with van der Waals surface area (Å²) in [5.41, 5.74) is 0. The molecule has 1 amide bonds. The molecule has 0 aliphatic carbocycles. The van der Waals surface area contributed by atoms with E-state index in [2.05, 4.69) is 92.1 Å². The lowest BCUT2D eigenvalue weighted by atomic mass is 9.97. The van der Waals surface area contributed by atoms with Crippen LogP contribution in [0.4, 0.5) is 0 Å². The molecule has 12 atom stereocenters. The van der Waals surface area contributed by atoms with Crippen LogP contribution in [0.15, 0.2) is 85.1 Å². The normalized spacial score (nSPS) is 25.3. The minimum Gasteiger partial charge on any atom is -0.394 e. The molecule has 2 heterocycles. The first-order valence-corrected chi connectivity index (χ1v) is 30.3. The summed E-state index contributed by atoms with van der Waals surface area (Å²) >= 11 is 0. The Hall–Kier alpha value is -2.83. The Morgan fingerprint density at radius 3 is 1.43 bits per heavy atom. The molecule has 0 aromatic heterocycles. The largest absolute Gasteiger partial charge is 0.394 e. The van der Waals surface area contributed by atoms with E-state index in [9.17, 15) is 45.6 Å². The van der Waals surface area contributed by atoms with Gasteiger partial charge in [-0.1, -0.05) is 208 Å². The zero-order valence-corrected chi connectivity index (χ0v) is 47.7. The first kappa shape index (κ1) is 70.3. The van der Waals surface area contributed by atoms with Crippen molar-refractivity contribution in [3.63, 3.8) is 0 Å². The zero-order chi connectivity index (χ0) is 56.0. The van der Waals surface area contributed by atoms with Crippen molar-refractivity contribution in [3.05, 3.63) is 85.1 Å². The van der Waals surface area contributed by atoms with E-state index >= 15 is 0 Å². The summed E-state index contributed by atoms with van der Waals surface area (Å²) in [6.07, 6.45) is 47.6. The summed E-state index contributed by atoms with van der Waals surface area (Å²) in [6, 6.07) is -0.951. The van der Waals surface area contributed by atoms with Gasteiger partial charge in [0.25, 0.3) is 0 Å². The van der Waals surface area contributed by atoms with Gasteiger partial charge >= 0.3 is 0 Å². The number of nitrogens with one attached hydrogen (secondary N) is 1. The van der Waals surface area contributed by atoms with E-state index in [0.29, 0.717) is 12.8 Å². The Morgan fingerprint density at radius 1 is 0.481 bits per heavy atom. The molecule has 9 N–H and O–H groups in total. The molecular weight excluding hydrogens is 979 g/mol. The molecule has 2 aliphatic rings. The quantitative estimate of drug-likeness (QED) is 0.0204. The third-order valence-corrected chi connectivity index (χ3v) is 14.3. The van der Waals surface area contributed by atoms with Crippen molar-refractivity contribution in [2.45, 2.75) is 286 Å². The summed E-state index contributed by atoms with van der Waals surface area (Å²) in [5.74, 6) is -0.270. The SMILES string of the molecule is CC/C=C\C/C=C\C/C=C\C/C=C\CCCCCCCCC(=O)NC(COC1OC(CO)C(OC2OC(CO)C(O)C(O)C2O)C(O)C1O)C(O)/C=C/CC/C=C/CC/C=C/CCCCCCCCCCCCCCCC. The van der Waals surface area contributed by atoms with Gasteiger partial charge in [-0.15, -0.1) is 0 Å². The first-order chi connectivity index (χ1) is 37.6. The number of hydrogen-bond donors (Lipinski definition) is 9. The number of unbranched alkanes of at least 4 members (excludes halogenated alkanes) is 22. The van der Waals surface area contributed by atoms with Gasteiger partial charge < -0.3 is 65.1 Å². The second-order valence-electron chi connectivity index (χ2n) is 21.1. The highest BCUT2D eigenvalue weighted by molar-refractivity contribution is 5.76. The van der Waals surface area contributed by atoms with Crippen molar-refractivity contribution in [3.8, 4) is 0 Å². The van der Waals surface area contributed by atoms with E-state index in [4.69, 9.17) is 18.9 Å². The summed E-state index contributed by atoms with van der Waals surface area (Å²) in [6.45, 7) is 2.65. The van der Waals surface area contributed by atoms with Gasteiger partial charge in [0.05, 0.1) is 32.0 Å². The summed E-state index contributed by atoms with van der Waals surface area (Å²) < 4.78 is 22.7. The Kier molecular flexibility index (Phi) is 43.7. The van der Waals surface area contributed by atoms with Crippen LogP contribution in [-0.4, -0.2) is 140 Å². The van der Waals surface area contributed by atoms with Crippen molar-refractivity contribution < 1.29 is 64.6 Å². The van der Waals surface area contributed by atoms with Crippen LogP contribution >= 0.6 is 0 Å². The minimum atomic E-state index is -1.80. The maximum Gasteiger partial charge on any atom is 0.220 e. The van der Waals surface area contributed by atoms with Crippen LogP contribution < -0.4 is 5.32 Å². The Morgan fingerprint density at radius 2 is 0.909 bits per heavy atom. The minimum absolute atomic E-state index is 0.249. The highest BCUT2D eigenvalue weighted by atomic mass is 16.7. The number of hydrogen-bond acceptors (Lipinski definition) is 13. The highest BCUT2D eigenvalue weighted by Crippen LogP contribution is 2.30. The lowest BCUT2D eigenvalue weighted by Crippen LogP contribution is -2.65. The molecule has 444 valence electrons. The number of carbonyl (C=O) groups is 1. The van der Waals surface area contributed by atoms with Crippen molar-refractivity contribution in [1.29, 1.82) is 0 Å². The first-order valence-electron chi connectivity index (χ1n) is 30.3. The molecule has 14 nitrogen and oxygen atoms in total. The van der Waals surface area contributed by atoms with Crippen LogP contribution in [0.1, 0.15) is 213 Å². The van der Waals surface area contributed by atoms with Gasteiger partial charge in [-0.25, -0.2) is 0 Å². The van der Waals surface area contributed by atoms with Gasteiger partial charge in [-0.2, -0.15) is 0 Å². The van der Waals surface area contributed by atoms with Crippen LogP contribution in [0.5, 0.6) is 0 Å². The van der Waals surface area contributed by atoms with Gasteiger partial charge in [0.2, 0.25) is 5.91 Å². The zero-order valence-electron chi connectivity index (χ0n) is 47.7. The Labute approximate surface area is 465 Å². The Bertz CT molecular complexity index is 1610. The average Bonchev–Trinajstić information content (AvgIpc) is 3.44. The van der Waals surface area contributed by atoms with Gasteiger partial charge in [-0.3, -0.25) is 4.79 Å². The van der Waals surface area contributed by atoms with Crippen molar-refractivity contribution in [2.24, 2.45) is 0 Å². The molecule has 0 spiro atoms. The van der Waals surface area contributed by atoms with Crippen LogP contribution in [0.2, 0.25) is 0 Å². The van der Waals surface area contributed by atoms with E-state index in [1.165, 1.54) is 89.9 Å². The maximum atomic E-state index is 13.3. The maximum absolute atomic E-state index is 13.3. The smallest absolute Gasteiger partial charge is 0.220 e. The van der Waals surface area contributed by atoms with E-state index in [0.717, 1.165) is 89.9 Å². The average molecular weight is 1090 g/mol. The molecule has 0 aromatic carbocycles. The predicted octanol–water partition coefficient (Wildman–Crippen LogP) is 10.5. The number of amides is 1. The molecule has 2 fully saturated rings. The lowest BCUT2D eigenvalue weighted by Gasteiger charge is -2.46. The second kappa shape index (κ2) is 47.9. The molecule has 2 saturated heterocycles. The molecule has 2 aliphatic heterocycles. The number of ether oxygens (including phenoxy) is 4. The summed E-state index contributed by atoms with van der Waals surface area (Å²) in [5, 5.41) is 87.1. The number of aliphatic hydroxyl groups excluding tert-OH is 8. The molecule has 12 unspecified atom stereocenters. The van der Waals surface area contributed by atoms with Crippen LogP contribution in [0, 0.1) is 0 Å². The van der Waals surface area contributed by atoms with Crippen LogP contribution in [0.25, 0.3) is 0 Å². The molecule has 77 heavy (non-hydrogen) atoms. The fourth-order valence-corrected chi connectivity index (χ4v) is 9.43. The fourth-order valence-electron chi connectivity index (χ4n) is 9.43. The highest BCUT2D eigenvalue weighted by Gasteiger charge is 2.51. The van der Waals surface area contributed by atoms with Crippen molar-refractivity contribution in [1.82, 2.24) is 5.32 Å².